The number of hydrogen-bond acceptors (Lipinski definition) is 2. The highest BCUT2D eigenvalue weighted by Gasteiger charge is 2.16. The van der Waals surface area contributed by atoms with E-state index in [0.29, 0.717) is 0 Å². The Kier molecular flexibility index (Phi) is 4.48. The van der Waals surface area contributed by atoms with Crippen LogP contribution < -0.4 is 5.32 Å². The van der Waals surface area contributed by atoms with Gasteiger partial charge in [-0.3, -0.25) is 4.79 Å². The van der Waals surface area contributed by atoms with Crippen LogP contribution >= 0.6 is 11.8 Å². The van der Waals surface area contributed by atoms with Gasteiger partial charge in [0, 0.05) is 10.6 Å². The van der Waals surface area contributed by atoms with Crippen molar-refractivity contribution >= 4 is 23.4 Å². The van der Waals surface area contributed by atoms with Crippen LogP contribution in [0.3, 0.4) is 0 Å². The number of fused-ring (bicyclic) bond motifs is 1. The minimum atomic E-state index is -0.264. The normalized spacial score (nSPS) is 14.5. The summed E-state index contributed by atoms with van der Waals surface area (Å²) in [6, 6.07) is 12.4. The van der Waals surface area contributed by atoms with Crippen molar-refractivity contribution < 1.29 is 9.18 Å². The maximum Gasteiger partial charge on any atom is 0.237 e. The van der Waals surface area contributed by atoms with Gasteiger partial charge in [-0.05, 0) is 73.7 Å². The summed E-state index contributed by atoms with van der Waals surface area (Å²) in [7, 11) is 0. The molecule has 22 heavy (non-hydrogen) atoms. The van der Waals surface area contributed by atoms with Gasteiger partial charge in [-0.2, -0.15) is 0 Å². The van der Waals surface area contributed by atoms with Gasteiger partial charge < -0.3 is 5.32 Å². The van der Waals surface area contributed by atoms with Crippen LogP contribution in [0.1, 0.15) is 24.5 Å². The molecule has 2 aromatic carbocycles. The zero-order valence-corrected chi connectivity index (χ0v) is 13.3. The molecule has 1 atom stereocenters. The lowest BCUT2D eigenvalue weighted by molar-refractivity contribution is -0.115. The van der Waals surface area contributed by atoms with E-state index < -0.39 is 0 Å². The van der Waals surface area contributed by atoms with Crippen LogP contribution in [0.4, 0.5) is 10.1 Å². The third-order valence-electron chi connectivity index (χ3n) is 3.86. The molecule has 2 aromatic rings. The number of nitrogens with one attached hydrogen (secondary N) is 1. The minimum Gasteiger partial charge on any atom is -0.325 e. The zero-order valence-electron chi connectivity index (χ0n) is 12.4. The van der Waals surface area contributed by atoms with Gasteiger partial charge in [0.05, 0.1) is 5.25 Å². The highest BCUT2D eigenvalue weighted by atomic mass is 32.2. The molecule has 0 aliphatic heterocycles. The van der Waals surface area contributed by atoms with E-state index in [9.17, 15) is 9.18 Å². The van der Waals surface area contributed by atoms with E-state index in [1.54, 1.807) is 12.1 Å². The Labute approximate surface area is 134 Å². The molecule has 0 aromatic heterocycles. The summed E-state index contributed by atoms with van der Waals surface area (Å²) in [5.74, 6) is -0.299. The quantitative estimate of drug-likeness (QED) is 0.846. The number of thioether (sulfide) groups is 1. The van der Waals surface area contributed by atoms with Crippen LogP contribution in [-0.2, 0) is 17.6 Å². The molecule has 0 fully saturated rings. The first-order valence-corrected chi connectivity index (χ1v) is 8.35. The van der Waals surface area contributed by atoms with Crippen LogP contribution in [0.15, 0.2) is 47.4 Å². The Morgan fingerprint density at radius 3 is 2.64 bits per heavy atom. The van der Waals surface area contributed by atoms with E-state index >= 15 is 0 Å². The number of benzene rings is 2. The lowest BCUT2D eigenvalue weighted by Crippen LogP contribution is -2.22. The summed E-state index contributed by atoms with van der Waals surface area (Å²) >= 11 is 1.43. The predicted octanol–water partition coefficient (Wildman–Crippen LogP) is 4.43. The third kappa shape index (κ3) is 3.50. The van der Waals surface area contributed by atoms with Crippen LogP contribution in [0.25, 0.3) is 0 Å². The topological polar surface area (TPSA) is 29.1 Å². The maximum absolute atomic E-state index is 12.9. The molecule has 0 spiro atoms. The average Bonchev–Trinajstić information content (AvgIpc) is 2.97. The van der Waals surface area contributed by atoms with Gasteiger partial charge in [-0.25, -0.2) is 4.39 Å². The third-order valence-corrected chi connectivity index (χ3v) is 4.97. The Bertz CT molecular complexity index is 684. The Hall–Kier alpha value is -1.81. The van der Waals surface area contributed by atoms with Crippen LogP contribution in [0, 0.1) is 5.82 Å². The molecule has 0 radical (unpaired) electrons. The molecule has 0 unspecified atom stereocenters. The molecule has 0 saturated heterocycles. The molecule has 1 N–H and O–H groups in total. The lowest BCUT2D eigenvalue weighted by atomic mass is 10.1. The van der Waals surface area contributed by atoms with Gasteiger partial charge in [0.25, 0.3) is 0 Å². The van der Waals surface area contributed by atoms with Crippen molar-refractivity contribution in [2.75, 3.05) is 5.32 Å². The van der Waals surface area contributed by atoms with Crippen LogP contribution in [0.2, 0.25) is 0 Å². The number of anilines is 1. The van der Waals surface area contributed by atoms with Crippen LogP contribution in [0.5, 0.6) is 0 Å². The van der Waals surface area contributed by atoms with Gasteiger partial charge in [0.1, 0.15) is 5.82 Å². The molecule has 3 rings (SSSR count). The fourth-order valence-electron chi connectivity index (χ4n) is 2.66. The molecule has 1 amide bonds. The van der Waals surface area contributed by atoms with Crippen molar-refractivity contribution in [2.45, 2.75) is 36.3 Å². The monoisotopic (exact) mass is 315 g/mol. The molecule has 0 saturated carbocycles. The second-order valence-corrected chi connectivity index (χ2v) is 6.95. The summed E-state index contributed by atoms with van der Waals surface area (Å²) in [4.78, 5) is 13.2. The Morgan fingerprint density at radius 2 is 1.86 bits per heavy atom. The molecule has 0 heterocycles. The summed E-state index contributed by atoms with van der Waals surface area (Å²) in [6.07, 6.45) is 3.43. The van der Waals surface area contributed by atoms with Crippen LogP contribution in [-0.4, -0.2) is 11.2 Å². The number of hydrogen-bond donors (Lipinski definition) is 1. The van der Waals surface area contributed by atoms with Gasteiger partial charge >= 0.3 is 0 Å². The molecular formula is C18H18FNOS. The summed E-state index contributed by atoms with van der Waals surface area (Å²) in [6.45, 7) is 1.86. The van der Waals surface area contributed by atoms with E-state index in [1.807, 2.05) is 13.0 Å². The summed E-state index contributed by atoms with van der Waals surface area (Å²) in [5, 5.41) is 2.73. The highest BCUT2D eigenvalue weighted by Crippen LogP contribution is 2.27. The second kappa shape index (κ2) is 6.53. The van der Waals surface area contributed by atoms with E-state index in [1.165, 1.54) is 41.4 Å². The van der Waals surface area contributed by atoms with E-state index in [0.717, 1.165) is 23.4 Å². The molecule has 114 valence electrons. The van der Waals surface area contributed by atoms with Gasteiger partial charge in [0.2, 0.25) is 5.91 Å². The van der Waals surface area contributed by atoms with Gasteiger partial charge in [0.15, 0.2) is 0 Å². The first-order chi connectivity index (χ1) is 10.6. The van der Waals surface area contributed by atoms with E-state index in [2.05, 4.69) is 17.4 Å². The number of aryl methyl sites for hydroxylation is 2. The fraction of sp³-hybridized carbons (Fsp3) is 0.278. The first-order valence-electron chi connectivity index (χ1n) is 7.47. The lowest BCUT2D eigenvalue weighted by Gasteiger charge is -2.13. The molecule has 1 aliphatic rings. The molecular weight excluding hydrogens is 297 g/mol. The second-order valence-electron chi connectivity index (χ2n) is 5.54. The minimum absolute atomic E-state index is 0.0349. The van der Waals surface area contributed by atoms with Crippen molar-refractivity contribution in [1.29, 1.82) is 0 Å². The number of carbonyl (C=O) groups is 1. The SMILES string of the molecule is C[C@@H](Sc1ccc(F)cc1)C(=O)Nc1ccc2c(c1)CCC2. The van der Waals surface area contributed by atoms with Crippen molar-refractivity contribution in [3.8, 4) is 0 Å². The Morgan fingerprint density at radius 1 is 1.14 bits per heavy atom. The highest BCUT2D eigenvalue weighted by molar-refractivity contribution is 8.00. The number of carbonyl (C=O) groups excluding carboxylic acids is 1. The molecule has 2 nitrogen and oxygen atoms in total. The first kappa shape index (κ1) is 15.1. The zero-order chi connectivity index (χ0) is 15.5. The van der Waals surface area contributed by atoms with Crippen molar-refractivity contribution in [3.05, 3.63) is 59.4 Å². The molecule has 1 aliphatic carbocycles. The fourth-order valence-corrected chi connectivity index (χ4v) is 3.53. The summed E-state index contributed by atoms with van der Waals surface area (Å²) in [5.41, 5.74) is 3.60. The summed E-state index contributed by atoms with van der Waals surface area (Å²) < 4.78 is 12.9. The number of rotatable bonds is 4. The van der Waals surface area contributed by atoms with Gasteiger partial charge in [-0.1, -0.05) is 6.07 Å². The van der Waals surface area contributed by atoms with Gasteiger partial charge in [-0.15, -0.1) is 11.8 Å². The standard InChI is InChI=1S/C18H18FNOS/c1-12(22-17-9-6-15(19)7-10-17)18(21)20-16-8-5-13-3-2-4-14(13)11-16/h5-12H,2-4H2,1H3,(H,20,21)/t12-/m1/s1. The maximum atomic E-state index is 12.9. The van der Waals surface area contributed by atoms with E-state index in [-0.39, 0.29) is 17.0 Å². The largest absolute Gasteiger partial charge is 0.325 e. The van der Waals surface area contributed by atoms with E-state index in [4.69, 9.17) is 0 Å². The van der Waals surface area contributed by atoms with Crippen molar-refractivity contribution in [3.63, 3.8) is 0 Å². The van der Waals surface area contributed by atoms with Crippen molar-refractivity contribution in [1.82, 2.24) is 0 Å². The predicted molar refractivity (Wildman–Crippen MR) is 88.8 cm³/mol. The average molecular weight is 315 g/mol. The Balaban J connectivity index is 1.62. The molecule has 0 bridgehead atoms. The smallest absolute Gasteiger partial charge is 0.237 e. The molecule has 4 heteroatoms. The number of halogens is 1. The van der Waals surface area contributed by atoms with Crippen molar-refractivity contribution in [2.24, 2.45) is 0 Å². The number of amides is 1.